The molecule has 0 aromatic heterocycles. The third-order valence-corrected chi connectivity index (χ3v) is 10.9. The number of hydrogen-bond acceptors (Lipinski definition) is 6. The van der Waals surface area contributed by atoms with Crippen LogP contribution in [-0.2, 0) is 18.9 Å². The minimum atomic E-state index is -1.02. The minimum absolute atomic E-state index is 0.0466. The van der Waals surface area contributed by atoms with Crippen LogP contribution in [0.25, 0.3) is 0 Å². The van der Waals surface area contributed by atoms with Gasteiger partial charge in [-0.05, 0) is 81.1 Å². The van der Waals surface area contributed by atoms with Crippen molar-refractivity contribution in [1.82, 2.24) is 0 Å². The zero-order valence-electron chi connectivity index (χ0n) is 23.0. The molecule has 206 valence electrons. The van der Waals surface area contributed by atoms with Crippen LogP contribution < -0.4 is 0 Å². The van der Waals surface area contributed by atoms with E-state index in [1.165, 1.54) is 5.57 Å². The Hall–Kier alpha value is -0.940. The lowest BCUT2D eigenvalue weighted by atomic mass is 9.51. The zero-order chi connectivity index (χ0) is 25.9. The predicted octanol–water partition coefficient (Wildman–Crippen LogP) is 4.72. The molecule has 1 unspecified atom stereocenters. The van der Waals surface area contributed by atoms with Crippen LogP contribution in [0.5, 0.6) is 0 Å². The highest BCUT2D eigenvalue weighted by Gasteiger charge is 2.64. The summed E-state index contributed by atoms with van der Waals surface area (Å²) in [7, 11) is 0. The van der Waals surface area contributed by atoms with E-state index >= 15 is 0 Å². The summed E-state index contributed by atoms with van der Waals surface area (Å²) in [5, 5.41) is 23.9. The molecule has 0 amide bonds. The molecule has 2 heterocycles. The van der Waals surface area contributed by atoms with Crippen molar-refractivity contribution in [2.45, 2.75) is 115 Å². The Bertz CT molecular complexity index is 962. The molecule has 0 aromatic rings. The summed E-state index contributed by atoms with van der Waals surface area (Å²) >= 11 is 0. The largest absolute Gasteiger partial charge is 0.385 e. The number of rotatable bonds is 2. The molecule has 2 aliphatic heterocycles. The smallest absolute Gasteiger partial charge is 0.168 e. The zero-order valence-corrected chi connectivity index (χ0v) is 23.0. The molecule has 0 bridgehead atoms. The van der Waals surface area contributed by atoms with Gasteiger partial charge in [-0.15, -0.1) is 0 Å². The average Bonchev–Trinajstić information content (AvgIpc) is 3.16. The quantitative estimate of drug-likeness (QED) is 0.410. The standard InChI is InChI=1S/C31H46O6/c1-27(2)20-36-30(37-21-27)15-16-31(33)22(19-30)8-9-23-24-11-14-29(32,28(24,3)13-10-25(23)31)12-6-18-35-26-7-4-5-17-34-26/h10,22-24,26,32-33H,4-5,7-9,11,13-21H2,1-3H3/t22-,23-,24-,26?,28-,29-,31-/m0/s1. The Morgan fingerprint density at radius 1 is 1.00 bits per heavy atom. The van der Waals surface area contributed by atoms with Crippen LogP contribution in [0.4, 0.5) is 0 Å². The maximum Gasteiger partial charge on any atom is 0.168 e. The van der Waals surface area contributed by atoms with Crippen molar-refractivity contribution >= 4 is 0 Å². The molecular formula is C31H46O6. The van der Waals surface area contributed by atoms with Gasteiger partial charge in [-0.2, -0.15) is 0 Å². The summed E-state index contributed by atoms with van der Waals surface area (Å²) < 4.78 is 24.1. The van der Waals surface area contributed by atoms with Gasteiger partial charge >= 0.3 is 0 Å². The molecule has 5 fully saturated rings. The number of hydrogen-bond donors (Lipinski definition) is 2. The van der Waals surface area contributed by atoms with Crippen LogP contribution in [-0.4, -0.2) is 59.9 Å². The Kier molecular flexibility index (Phi) is 6.62. The second-order valence-corrected chi connectivity index (χ2v) is 13.9. The van der Waals surface area contributed by atoms with Crippen LogP contribution in [0.15, 0.2) is 11.6 Å². The van der Waals surface area contributed by atoms with Gasteiger partial charge in [-0.1, -0.05) is 38.7 Å². The van der Waals surface area contributed by atoms with E-state index in [4.69, 9.17) is 18.9 Å². The van der Waals surface area contributed by atoms with Gasteiger partial charge in [0.05, 0.1) is 18.8 Å². The van der Waals surface area contributed by atoms with Gasteiger partial charge in [0.1, 0.15) is 12.2 Å². The van der Waals surface area contributed by atoms with Gasteiger partial charge in [0.2, 0.25) is 0 Å². The number of fused-ring (bicyclic) bond motifs is 5. The summed E-state index contributed by atoms with van der Waals surface area (Å²) in [5.41, 5.74) is -0.841. The maximum atomic E-state index is 12.1. The van der Waals surface area contributed by atoms with Gasteiger partial charge in [0, 0.05) is 30.3 Å². The number of ether oxygens (including phenoxy) is 4. The SMILES string of the molecule is CC1(C)COC2(CC[C@@]3(O)C4=CC[C@@]5(C)[C@@H](CC[C@@]5(O)C#CCOC5CCCCO5)[C@@H]4CC[C@H]3C2)OC1. The lowest BCUT2D eigenvalue weighted by Crippen LogP contribution is -2.60. The van der Waals surface area contributed by atoms with Crippen LogP contribution in [0, 0.1) is 40.4 Å². The Morgan fingerprint density at radius 3 is 2.57 bits per heavy atom. The molecule has 2 N–H and O–H groups in total. The molecule has 2 saturated heterocycles. The van der Waals surface area contributed by atoms with E-state index < -0.39 is 17.0 Å². The van der Waals surface area contributed by atoms with E-state index in [-0.39, 0.29) is 23.0 Å². The Balaban J connectivity index is 1.16. The van der Waals surface area contributed by atoms with E-state index in [0.717, 1.165) is 64.4 Å². The summed E-state index contributed by atoms with van der Waals surface area (Å²) in [4.78, 5) is 0. The van der Waals surface area contributed by atoms with E-state index in [2.05, 4.69) is 38.7 Å². The first kappa shape index (κ1) is 26.3. The van der Waals surface area contributed by atoms with E-state index in [1.807, 2.05) is 0 Å². The van der Waals surface area contributed by atoms with Crippen molar-refractivity contribution in [2.75, 3.05) is 26.4 Å². The van der Waals surface area contributed by atoms with Gasteiger partial charge in [0.15, 0.2) is 12.1 Å². The molecule has 6 heteroatoms. The highest BCUT2D eigenvalue weighted by Crippen LogP contribution is 2.65. The fraction of sp³-hybridized carbons (Fsp3) is 0.871. The van der Waals surface area contributed by atoms with Gasteiger partial charge < -0.3 is 29.2 Å². The molecule has 6 nitrogen and oxygen atoms in total. The third-order valence-electron chi connectivity index (χ3n) is 10.9. The first-order chi connectivity index (χ1) is 17.6. The van der Waals surface area contributed by atoms with Gasteiger partial charge in [0.25, 0.3) is 0 Å². The third kappa shape index (κ3) is 4.42. The van der Waals surface area contributed by atoms with Crippen molar-refractivity contribution in [2.24, 2.45) is 28.6 Å². The normalized spacial score (nSPS) is 46.1. The van der Waals surface area contributed by atoms with Crippen LogP contribution in [0.2, 0.25) is 0 Å². The average molecular weight is 515 g/mol. The first-order valence-electron chi connectivity index (χ1n) is 14.7. The molecule has 0 aromatic carbocycles. The maximum absolute atomic E-state index is 12.1. The van der Waals surface area contributed by atoms with Crippen LogP contribution >= 0.6 is 0 Å². The highest BCUT2D eigenvalue weighted by molar-refractivity contribution is 5.36. The summed E-state index contributed by atoms with van der Waals surface area (Å²) in [5.74, 6) is 6.65. The topological polar surface area (TPSA) is 77.4 Å². The molecule has 7 atom stereocenters. The van der Waals surface area contributed by atoms with Crippen molar-refractivity contribution < 1.29 is 29.2 Å². The molecule has 37 heavy (non-hydrogen) atoms. The highest BCUT2D eigenvalue weighted by atomic mass is 16.7. The number of allylic oxidation sites excluding steroid dienone is 1. The molecule has 1 spiro atoms. The fourth-order valence-corrected chi connectivity index (χ4v) is 8.48. The number of aliphatic hydroxyl groups is 2. The van der Waals surface area contributed by atoms with Crippen molar-refractivity contribution in [3.63, 3.8) is 0 Å². The second-order valence-electron chi connectivity index (χ2n) is 13.9. The lowest BCUT2D eigenvalue weighted by Gasteiger charge is -2.58. The minimum Gasteiger partial charge on any atom is -0.385 e. The molecule has 6 rings (SSSR count). The van der Waals surface area contributed by atoms with Crippen LogP contribution in [0.3, 0.4) is 0 Å². The fourth-order valence-electron chi connectivity index (χ4n) is 8.48. The van der Waals surface area contributed by atoms with Gasteiger partial charge in [-0.3, -0.25) is 0 Å². The first-order valence-corrected chi connectivity index (χ1v) is 14.7. The van der Waals surface area contributed by atoms with Gasteiger partial charge in [-0.25, -0.2) is 0 Å². The molecule has 4 aliphatic carbocycles. The van der Waals surface area contributed by atoms with Crippen LogP contribution in [0.1, 0.15) is 91.4 Å². The van der Waals surface area contributed by atoms with E-state index in [1.54, 1.807) is 0 Å². The van der Waals surface area contributed by atoms with E-state index in [9.17, 15) is 10.2 Å². The van der Waals surface area contributed by atoms with Crippen molar-refractivity contribution in [1.29, 1.82) is 0 Å². The summed E-state index contributed by atoms with van der Waals surface area (Å²) in [6.45, 7) is 9.05. The Labute approximate surface area is 222 Å². The molecular weight excluding hydrogens is 468 g/mol. The molecule has 3 saturated carbocycles. The second kappa shape index (κ2) is 9.32. The summed E-state index contributed by atoms with van der Waals surface area (Å²) in [6.07, 6.45) is 11.9. The van der Waals surface area contributed by atoms with Crippen molar-refractivity contribution in [3.8, 4) is 11.8 Å². The monoisotopic (exact) mass is 514 g/mol. The van der Waals surface area contributed by atoms with E-state index in [0.29, 0.717) is 44.5 Å². The molecule has 0 radical (unpaired) electrons. The lowest BCUT2D eigenvalue weighted by molar-refractivity contribution is -0.328. The molecule has 6 aliphatic rings. The Morgan fingerprint density at radius 2 is 1.81 bits per heavy atom. The predicted molar refractivity (Wildman–Crippen MR) is 139 cm³/mol. The van der Waals surface area contributed by atoms with Crippen molar-refractivity contribution in [3.05, 3.63) is 11.6 Å². The summed E-state index contributed by atoms with van der Waals surface area (Å²) in [6, 6.07) is 0.